The van der Waals surface area contributed by atoms with Gasteiger partial charge in [-0.2, -0.15) is 0 Å². The third kappa shape index (κ3) is 2.18. The predicted molar refractivity (Wildman–Crippen MR) is 79.5 cm³/mol. The van der Waals surface area contributed by atoms with Crippen LogP contribution in [0.15, 0.2) is 63.8 Å². The van der Waals surface area contributed by atoms with Crippen LogP contribution in [0.25, 0.3) is 6.08 Å². The maximum absolute atomic E-state index is 12.6. The van der Waals surface area contributed by atoms with Crippen molar-refractivity contribution in [2.45, 2.75) is 18.9 Å². The van der Waals surface area contributed by atoms with Crippen molar-refractivity contribution >= 4 is 17.8 Å². The van der Waals surface area contributed by atoms with Crippen molar-refractivity contribution < 1.29 is 9.21 Å². The largest absolute Gasteiger partial charge is 0.465 e. The minimum Gasteiger partial charge on any atom is -0.465 e. The fourth-order valence-corrected chi connectivity index (χ4v) is 2.50. The van der Waals surface area contributed by atoms with Gasteiger partial charge in [0, 0.05) is 17.7 Å². The summed E-state index contributed by atoms with van der Waals surface area (Å²) in [6.07, 6.45) is 5.39. The molecular weight excluding hydrogens is 264 g/mol. The molecular formula is C17H14N2O2. The quantitative estimate of drug-likeness (QED) is 0.810. The van der Waals surface area contributed by atoms with Crippen LogP contribution in [0, 0.1) is 0 Å². The summed E-state index contributed by atoms with van der Waals surface area (Å²) < 4.78 is 5.28. The van der Waals surface area contributed by atoms with Gasteiger partial charge in [-0.25, -0.2) is 4.99 Å². The molecule has 1 aliphatic heterocycles. The van der Waals surface area contributed by atoms with Crippen molar-refractivity contribution in [1.29, 1.82) is 0 Å². The van der Waals surface area contributed by atoms with Crippen molar-refractivity contribution in [3.05, 3.63) is 65.7 Å². The molecule has 0 radical (unpaired) electrons. The minimum atomic E-state index is -0.0345. The average molecular weight is 278 g/mol. The summed E-state index contributed by atoms with van der Waals surface area (Å²) in [6, 6.07) is 13.8. The van der Waals surface area contributed by atoms with E-state index < -0.39 is 0 Å². The van der Waals surface area contributed by atoms with Gasteiger partial charge < -0.3 is 4.42 Å². The zero-order valence-corrected chi connectivity index (χ0v) is 11.4. The number of amidine groups is 1. The molecule has 1 aliphatic carbocycles. The van der Waals surface area contributed by atoms with Crippen LogP contribution in [0.4, 0.5) is 0 Å². The second-order valence-electron chi connectivity index (χ2n) is 5.25. The van der Waals surface area contributed by atoms with Gasteiger partial charge >= 0.3 is 0 Å². The van der Waals surface area contributed by atoms with Gasteiger partial charge in [-0.1, -0.05) is 30.3 Å². The summed E-state index contributed by atoms with van der Waals surface area (Å²) in [5.41, 5.74) is 1.41. The number of aliphatic imine (C=N–C) groups is 1. The fourth-order valence-electron chi connectivity index (χ4n) is 2.50. The molecule has 2 aromatic rings. The highest BCUT2D eigenvalue weighted by Gasteiger charge is 2.41. The van der Waals surface area contributed by atoms with Gasteiger partial charge in [0.25, 0.3) is 5.91 Å². The first-order valence-electron chi connectivity index (χ1n) is 7.06. The van der Waals surface area contributed by atoms with Crippen LogP contribution in [0.2, 0.25) is 0 Å². The Kier molecular flexibility index (Phi) is 2.74. The van der Waals surface area contributed by atoms with Crippen molar-refractivity contribution in [1.82, 2.24) is 4.90 Å². The monoisotopic (exact) mass is 278 g/mol. The second-order valence-corrected chi connectivity index (χ2v) is 5.25. The van der Waals surface area contributed by atoms with Gasteiger partial charge in [0.1, 0.15) is 17.3 Å². The van der Waals surface area contributed by atoms with Crippen LogP contribution >= 0.6 is 0 Å². The highest BCUT2D eigenvalue weighted by atomic mass is 16.3. The number of rotatable bonds is 3. The average Bonchev–Trinajstić information content (AvgIpc) is 3.12. The number of amides is 1. The first-order valence-corrected chi connectivity index (χ1v) is 7.06. The van der Waals surface area contributed by atoms with E-state index in [9.17, 15) is 4.79 Å². The van der Waals surface area contributed by atoms with Gasteiger partial charge in [-0.15, -0.1) is 0 Å². The molecule has 21 heavy (non-hydrogen) atoms. The zero-order valence-electron chi connectivity index (χ0n) is 11.4. The molecule has 0 bridgehead atoms. The summed E-state index contributed by atoms with van der Waals surface area (Å²) in [6.45, 7) is 0. The van der Waals surface area contributed by atoms with E-state index in [1.807, 2.05) is 41.3 Å². The molecule has 0 atom stereocenters. The Morgan fingerprint density at radius 1 is 1.14 bits per heavy atom. The minimum absolute atomic E-state index is 0.0345. The summed E-state index contributed by atoms with van der Waals surface area (Å²) in [4.78, 5) is 19.0. The molecule has 0 saturated heterocycles. The van der Waals surface area contributed by atoms with E-state index in [1.165, 1.54) is 0 Å². The van der Waals surface area contributed by atoms with Crippen LogP contribution < -0.4 is 0 Å². The molecule has 0 spiro atoms. The lowest BCUT2D eigenvalue weighted by Gasteiger charge is -2.17. The Hall–Kier alpha value is -2.62. The van der Waals surface area contributed by atoms with E-state index in [1.54, 1.807) is 18.4 Å². The van der Waals surface area contributed by atoms with Crippen LogP contribution in [-0.2, 0) is 4.79 Å². The third-order valence-electron chi connectivity index (χ3n) is 3.66. The lowest BCUT2D eigenvalue weighted by Crippen LogP contribution is -2.34. The van der Waals surface area contributed by atoms with E-state index >= 15 is 0 Å². The van der Waals surface area contributed by atoms with E-state index in [4.69, 9.17) is 4.42 Å². The smallest absolute Gasteiger partial charge is 0.278 e. The Bertz CT molecular complexity index is 725. The number of hydrogen-bond donors (Lipinski definition) is 0. The van der Waals surface area contributed by atoms with Crippen LogP contribution in [0.1, 0.15) is 24.2 Å². The SMILES string of the molecule is O=C1/C(=C/c2ccco2)N=C(c2ccccc2)N1C1CC1. The second kappa shape index (κ2) is 4.74. The van der Waals surface area contributed by atoms with Crippen LogP contribution in [0.3, 0.4) is 0 Å². The molecule has 4 heteroatoms. The molecule has 4 nitrogen and oxygen atoms in total. The Morgan fingerprint density at radius 3 is 2.62 bits per heavy atom. The maximum Gasteiger partial charge on any atom is 0.278 e. The molecule has 1 aromatic heterocycles. The molecule has 1 saturated carbocycles. The van der Waals surface area contributed by atoms with Crippen LogP contribution in [0.5, 0.6) is 0 Å². The fraction of sp³-hybridized carbons (Fsp3) is 0.176. The van der Waals surface area contributed by atoms with Crippen molar-refractivity contribution in [3.8, 4) is 0 Å². The predicted octanol–water partition coefficient (Wildman–Crippen LogP) is 3.07. The standard InChI is InChI=1S/C17H14N2O2/c20-17-15(11-14-7-4-10-21-14)18-16(19(17)13-8-9-13)12-5-2-1-3-6-12/h1-7,10-11,13H,8-9H2/b15-11-. The van der Waals surface area contributed by atoms with E-state index in [-0.39, 0.29) is 5.91 Å². The van der Waals surface area contributed by atoms with Crippen LogP contribution in [-0.4, -0.2) is 22.7 Å². The molecule has 2 aliphatic rings. The Balaban J connectivity index is 1.77. The summed E-state index contributed by atoms with van der Waals surface area (Å²) >= 11 is 0. The van der Waals surface area contributed by atoms with Gasteiger partial charge in [0.05, 0.1) is 6.26 Å². The van der Waals surface area contributed by atoms with Gasteiger partial charge in [0.2, 0.25) is 0 Å². The number of carbonyl (C=O) groups excluding carboxylic acids is 1. The number of furan rings is 1. The number of hydrogen-bond acceptors (Lipinski definition) is 3. The van der Waals surface area contributed by atoms with Gasteiger partial charge in [0.15, 0.2) is 0 Å². The van der Waals surface area contributed by atoms with E-state index in [0.717, 1.165) is 24.2 Å². The van der Waals surface area contributed by atoms with Crippen molar-refractivity contribution in [2.24, 2.45) is 4.99 Å². The summed E-state index contributed by atoms with van der Waals surface area (Å²) in [5.74, 6) is 1.36. The Morgan fingerprint density at radius 2 is 1.95 bits per heavy atom. The summed E-state index contributed by atoms with van der Waals surface area (Å²) in [5, 5.41) is 0. The first-order chi connectivity index (χ1) is 10.3. The first kappa shape index (κ1) is 12.1. The molecule has 2 heterocycles. The lowest BCUT2D eigenvalue weighted by molar-refractivity contribution is -0.122. The van der Waals surface area contributed by atoms with E-state index in [0.29, 0.717) is 17.5 Å². The molecule has 1 fully saturated rings. The molecule has 1 amide bonds. The molecule has 0 N–H and O–H groups in total. The third-order valence-corrected chi connectivity index (χ3v) is 3.66. The molecule has 0 unspecified atom stereocenters. The number of carbonyl (C=O) groups is 1. The number of benzene rings is 1. The molecule has 104 valence electrons. The maximum atomic E-state index is 12.6. The molecule has 1 aromatic carbocycles. The normalized spacial score (nSPS) is 20.2. The van der Waals surface area contributed by atoms with Crippen molar-refractivity contribution in [2.75, 3.05) is 0 Å². The lowest BCUT2D eigenvalue weighted by atomic mass is 10.2. The molecule has 4 rings (SSSR count). The summed E-state index contributed by atoms with van der Waals surface area (Å²) in [7, 11) is 0. The Labute approximate surface area is 122 Å². The highest BCUT2D eigenvalue weighted by molar-refractivity contribution is 6.20. The van der Waals surface area contributed by atoms with Gasteiger partial charge in [-0.05, 0) is 25.0 Å². The number of nitrogens with zero attached hydrogens (tertiary/aromatic N) is 2. The highest BCUT2D eigenvalue weighted by Crippen LogP contribution is 2.34. The van der Waals surface area contributed by atoms with Crippen molar-refractivity contribution in [3.63, 3.8) is 0 Å². The zero-order chi connectivity index (χ0) is 14.2. The van der Waals surface area contributed by atoms with E-state index in [2.05, 4.69) is 4.99 Å². The topological polar surface area (TPSA) is 45.8 Å². The van der Waals surface area contributed by atoms with Gasteiger partial charge in [-0.3, -0.25) is 9.69 Å².